The lowest BCUT2D eigenvalue weighted by Gasteiger charge is -2.11. The van der Waals surface area contributed by atoms with Crippen LogP contribution < -0.4 is 4.72 Å². The Bertz CT molecular complexity index is 1040. The van der Waals surface area contributed by atoms with Gasteiger partial charge in [-0.25, -0.2) is 13.1 Å². The van der Waals surface area contributed by atoms with Crippen molar-refractivity contribution in [2.24, 2.45) is 0 Å². The first kappa shape index (κ1) is 17.8. The number of benzene rings is 2. The maximum Gasteiger partial charge on any atom is 0.240 e. The first-order chi connectivity index (χ1) is 11.9. The summed E-state index contributed by atoms with van der Waals surface area (Å²) < 4.78 is 27.2. The molecule has 0 unspecified atom stereocenters. The predicted molar refractivity (Wildman–Crippen MR) is 97.0 cm³/mol. The highest BCUT2D eigenvalue weighted by atomic mass is 35.5. The maximum absolute atomic E-state index is 12.4. The van der Waals surface area contributed by atoms with Crippen LogP contribution in [0.3, 0.4) is 0 Å². The Balaban J connectivity index is 2.18. The highest BCUT2D eigenvalue weighted by Gasteiger charge is 2.18. The molecule has 0 aliphatic rings. The van der Waals surface area contributed by atoms with Crippen LogP contribution in [0.2, 0.25) is 5.15 Å². The van der Waals surface area contributed by atoms with Crippen LogP contribution in [0.4, 0.5) is 0 Å². The summed E-state index contributed by atoms with van der Waals surface area (Å²) in [7, 11) is -3.73. The number of nitrogens with one attached hydrogen (secondary N) is 1. The Hall–Kier alpha value is -2.06. The lowest BCUT2D eigenvalue weighted by molar-refractivity contribution is 0.301. The average Bonchev–Trinajstić information content (AvgIpc) is 2.61. The maximum atomic E-state index is 12.4. The van der Waals surface area contributed by atoms with Crippen molar-refractivity contribution in [2.75, 3.05) is 13.2 Å². The smallest absolute Gasteiger partial charge is 0.240 e. The van der Waals surface area contributed by atoms with E-state index in [1.807, 2.05) is 24.3 Å². The van der Waals surface area contributed by atoms with Gasteiger partial charge in [0, 0.05) is 22.9 Å². The Kier molecular flexibility index (Phi) is 5.01. The Morgan fingerprint density at radius 2 is 1.84 bits per heavy atom. The van der Waals surface area contributed by atoms with Crippen molar-refractivity contribution in [3.05, 3.63) is 53.2 Å². The minimum atomic E-state index is -3.73. The van der Waals surface area contributed by atoms with E-state index in [0.717, 1.165) is 10.8 Å². The molecule has 25 heavy (non-hydrogen) atoms. The molecular formula is C17H16ClN3O3S. The summed E-state index contributed by atoms with van der Waals surface area (Å²) in [6.07, 6.45) is 0. The zero-order valence-electron chi connectivity index (χ0n) is 13.4. The van der Waals surface area contributed by atoms with E-state index in [0.29, 0.717) is 22.0 Å². The molecular weight excluding hydrogens is 362 g/mol. The molecule has 0 amide bonds. The summed E-state index contributed by atoms with van der Waals surface area (Å²) in [6.45, 7) is 1.39. The fourth-order valence-corrected chi connectivity index (χ4v) is 4.07. The number of aromatic nitrogens is 2. The number of halogens is 1. The third kappa shape index (κ3) is 3.50. The normalized spacial score (nSPS) is 11.8. The van der Waals surface area contributed by atoms with Gasteiger partial charge in [-0.2, -0.15) is 0 Å². The van der Waals surface area contributed by atoms with Gasteiger partial charge >= 0.3 is 0 Å². The molecule has 0 radical (unpaired) electrons. The quantitative estimate of drug-likeness (QED) is 0.712. The van der Waals surface area contributed by atoms with Gasteiger partial charge in [0.25, 0.3) is 0 Å². The van der Waals surface area contributed by atoms with Crippen molar-refractivity contribution in [1.82, 2.24) is 14.9 Å². The minimum Gasteiger partial charge on any atom is -0.395 e. The van der Waals surface area contributed by atoms with Crippen LogP contribution in [0.15, 0.2) is 47.4 Å². The molecule has 3 rings (SSSR count). The number of rotatable bonds is 5. The predicted octanol–water partition coefficient (Wildman–Crippen LogP) is 2.53. The minimum absolute atomic E-state index is 0.0460. The number of hydrogen-bond donors (Lipinski definition) is 2. The second-order valence-corrected chi connectivity index (χ2v) is 7.58. The number of aryl methyl sites for hydroxylation is 1. The molecule has 0 saturated carbocycles. The Labute approximate surface area is 150 Å². The molecule has 3 aromatic rings. The number of nitrogens with zero attached hydrogens (tertiary/aromatic N) is 2. The topological polar surface area (TPSA) is 92.2 Å². The first-order valence-electron chi connectivity index (χ1n) is 7.56. The number of sulfonamides is 1. The van der Waals surface area contributed by atoms with Crippen LogP contribution in [0.5, 0.6) is 0 Å². The molecule has 1 heterocycles. The van der Waals surface area contributed by atoms with E-state index in [9.17, 15) is 8.42 Å². The molecule has 8 heteroatoms. The lowest BCUT2D eigenvalue weighted by Crippen LogP contribution is -2.27. The molecule has 2 N–H and O–H groups in total. The van der Waals surface area contributed by atoms with Gasteiger partial charge in [-0.15, -0.1) is 10.2 Å². The molecule has 0 atom stereocenters. The Morgan fingerprint density at radius 3 is 2.56 bits per heavy atom. The molecule has 130 valence electrons. The van der Waals surface area contributed by atoms with Gasteiger partial charge in [-0.05, 0) is 18.6 Å². The third-order valence-electron chi connectivity index (χ3n) is 3.80. The van der Waals surface area contributed by atoms with Crippen molar-refractivity contribution in [3.63, 3.8) is 0 Å². The Morgan fingerprint density at radius 1 is 1.12 bits per heavy atom. The summed E-state index contributed by atoms with van der Waals surface area (Å²) in [5.74, 6) is 0. The van der Waals surface area contributed by atoms with Gasteiger partial charge < -0.3 is 5.11 Å². The van der Waals surface area contributed by atoms with E-state index in [1.54, 1.807) is 25.1 Å². The van der Waals surface area contributed by atoms with Crippen LogP contribution >= 0.6 is 11.6 Å². The number of hydrogen-bond acceptors (Lipinski definition) is 5. The van der Waals surface area contributed by atoms with E-state index < -0.39 is 10.0 Å². The zero-order valence-corrected chi connectivity index (χ0v) is 15.0. The molecule has 0 bridgehead atoms. The van der Waals surface area contributed by atoms with Gasteiger partial charge in [0.15, 0.2) is 5.15 Å². The van der Waals surface area contributed by atoms with Gasteiger partial charge in [0.2, 0.25) is 10.0 Å². The molecule has 0 spiro atoms. The van der Waals surface area contributed by atoms with E-state index >= 15 is 0 Å². The highest BCUT2D eigenvalue weighted by molar-refractivity contribution is 7.89. The van der Waals surface area contributed by atoms with E-state index in [1.165, 1.54) is 0 Å². The summed E-state index contributed by atoms with van der Waals surface area (Å²) in [5, 5.41) is 18.8. The fraction of sp³-hybridized carbons (Fsp3) is 0.176. The van der Waals surface area contributed by atoms with Gasteiger partial charge in [-0.3, -0.25) is 0 Å². The second-order valence-electron chi connectivity index (χ2n) is 5.49. The molecule has 0 fully saturated rings. The van der Waals surface area contributed by atoms with E-state index in [2.05, 4.69) is 14.9 Å². The summed E-state index contributed by atoms with van der Waals surface area (Å²) in [5.41, 5.74) is 1.77. The second kappa shape index (κ2) is 7.05. The fourth-order valence-electron chi connectivity index (χ4n) is 2.58. The van der Waals surface area contributed by atoms with Crippen LogP contribution in [0, 0.1) is 6.92 Å². The lowest BCUT2D eigenvalue weighted by atomic mass is 10.0. The van der Waals surface area contributed by atoms with Crippen LogP contribution in [-0.4, -0.2) is 36.9 Å². The summed E-state index contributed by atoms with van der Waals surface area (Å²) >= 11 is 6.10. The molecule has 0 aliphatic heterocycles. The van der Waals surface area contributed by atoms with Gasteiger partial charge in [0.1, 0.15) is 5.69 Å². The van der Waals surface area contributed by atoms with Crippen molar-refractivity contribution in [2.45, 2.75) is 11.8 Å². The van der Waals surface area contributed by atoms with Gasteiger partial charge in [-0.1, -0.05) is 48.0 Å². The molecule has 1 aromatic heterocycles. The molecule has 0 saturated heterocycles. The third-order valence-corrected chi connectivity index (χ3v) is 5.68. The standard InChI is InChI=1S/C17H16ClN3O3S/c1-11-6-7-12(10-15(11)25(23,24)19-8-9-22)16-13-4-2-3-5-14(13)17(18)21-20-16/h2-7,10,19,22H,8-9H2,1H3. The zero-order chi connectivity index (χ0) is 18.0. The number of aliphatic hydroxyl groups is 1. The van der Waals surface area contributed by atoms with Crippen LogP contribution in [0.1, 0.15) is 5.56 Å². The van der Waals surface area contributed by atoms with Crippen molar-refractivity contribution >= 4 is 32.4 Å². The molecule has 0 aliphatic carbocycles. The molecule has 6 nitrogen and oxygen atoms in total. The van der Waals surface area contributed by atoms with Crippen molar-refractivity contribution in [3.8, 4) is 11.3 Å². The summed E-state index contributed by atoms with van der Waals surface area (Å²) in [6, 6.07) is 12.5. The van der Waals surface area contributed by atoms with Crippen molar-refractivity contribution < 1.29 is 13.5 Å². The first-order valence-corrected chi connectivity index (χ1v) is 9.42. The van der Waals surface area contributed by atoms with E-state index in [4.69, 9.17) is 16.7 Å². The van der Waals surface area contributed by atoms with Crippen molar-refractivity contribution in [1.29, 1.82) is 0 Å². The van der Waals surface area contributed by atoms with Crippen LogP contribution in [-0.2, 0) is 10.0 Å². The summed E-state index contributed by atoms with van der Waals surface area (Å²) in [4.78, 5) is 0.138. The van der Waals surface area contributed by atoms with E-state index in [-0.39, 0.29) is 18.0 Å². The monoisotopic (exact) mass is 377 g/mol. The average molecular weight is 378 g/mol. The number of fused-ring (bicyclic) bond motifs is 1. The van der Waals surface area contributed by atoms with Crippen LogP contribution in [0.25, 0.3) is 22.0 Å². The highest BCUT2D eigenvalue weighted by Crippen LogP contribution is 2.31. The SMILES string of the molecule is Cc1ccc(-c2nnc(Cl)c3ccccc23)cc1S(=O)(=O)NCCO. The molecule has 2 aromatic carbocycles. The van der Waals surface area contributed by atoms with Gasteiger partial charge in [0.05, 0.1) is 11.5 Å². The number of aliphatic hydroxyl groups excluding tert-OH is 1. The largest absolute Gasteiger partial charge is 0.395 e.